The highest BCUT2D eigenvalue weighted by atomic mass is 35.5. The summed E-state index contributed by atoms with van der Waals surface area (Å²) in [5, 5.41) is 1.55. The van der Waals surface area contributed by atoms with E-state index in [9.17, 15) is 0 Å². The largest absolute Gasteiger partial charge is 0.236 e. The van der Waals surface area contributed by atoms with Crippen LogP contribution in [-0.4, -0.2) is 10.9 Å². The summed E-state index contributed by atoms with van der Waals surface area (Å²) in [7, 11) is 0. The van der Waals surface area contributed by atoms with Crippen LogP contribution < -0.4 is 0 Å². The van der Waals surface area contributed by atoms with E-state index in [1.165, 1.54) is 0 Å². The molecule has 0 fully saturated rings. The van der Waals surface area contributed by atoms with Gasteiger partial charge in [-0.25, -0.2) is 4.98 Å². The van der Waals surface area contributed by atoms with Crippen molar-refractivity contribution >= 4 is 34.1 Å². The molecule has 0 radical (unpaired) electrons. The Morgan fingerprint density at radius 3 is 2.88 bits per heavy atom. The molecule has 3 heteroatoms. The SMILES string of the molecule is ClCCC#Cc1ccc2nc(Cl)ccc2c1. The number of halogens is 2. The third kappa shape index (κ3) is 2.66. The lowest BCUT2D eigenvalue weighted by atomic mass is 10.1. The monoisotopic (exact) mass is 249 g/mol. The van der Waals surface area contributed by atoms with Crippen LogP contribution in [0.1, 0.15) is 12.0 Å². The molecule has 0 saturated heterocycles. The first-order valence-electron chi connectivity index (χ1n) is 4.91. The standard InChI is InChI=1S/C13H9Cl2N/c14-8-2-1-3-10-4-6-12-11(9-10)5-7-13(15)16-12/h4-7,9H,2,8H2. The van der Waals surface area contributed by atoms with Crippen LogP contribution in [0.15, 0.2) is 30.3 Å². The van der Waals surface area contributed by atoms with Crippen molar-refractivity contribution < 1.29 is 0 Å². The summed E-state index contributed by atoms with van der Waals surface area (Å²) in [4.78, 5) is 4.21. The molecule has 0 saturated carbocycles. The van der Waals surface area contributed by atoms with Crippen LogP contribution in [0.2, 0.25) is 5.15 Å². The molecule has 1 heterocycles. The van der Waals surface area contributed by atoms with Crippen molar-refractivity contribution in [2.24, 2.45) is 0 Å². The van der Waals surface area contributed by atoms with Gasteiger partial charge in [0.1, 0.15) is 5.15 Å². The Labute approximate surface area is 104 Å². The van der Waals surface area contributed by atoms with Gasteiger partial charge in [-0.3, -0.25) is 0 Å². The predicted octanol–water partition coefficient (Wildman–Crippen LogP) is 3.87. The van der Waals surface area contributed by atoms with Crippen molar-refractivity contribution in [3.63, 3.8) is 0 Å². The van der Waals surface area contributed by atoms with Gasteiger partial charge in [0.05, 0.1) is 5.52 Å². The number of hydrogen-bond acceptors (Lipinski definition) is 1. The molecule has 1 aromatic heterocycles. The molecule has 0 atom stereocenters. The second kappa shape index (κ2) is 5.21. The molecule has 0 aliphatic heterocycles. The molecule has 0 N–H and O–H groups in total. The van der Waals surface area contributed by atoms with Gasteiger partial charge >= 0.3 is 0 Å². The fraction of sp³-hybridized carbons (Fsp3) is 0.154. The lowest BCUT2D eigenvalue weighted by molar-refractivity contribution is 1.29. The maximum atomic E-state index is 5.81. The fourth-order valence-electron chi connectivity index (χ4n) is 1.39. The number of fused-ring (bicyclic) bond motifs is 1. The first-order valence-corrected chi connectivity index (χ1v) is 5.82. The van der Waals surface area contributed by atoms with E-state index in [4.69, 9.17) is 23.2 Å². The zero-order valence-electron chi connectivity index (χ0n) is 8.50. The molecule has 2 aromatic rings. The van der Waals surface area contributed by atoms with Gasteiger partial charge in [0.2, 0.25) is 0 Å². The van der Waals surface area contributed by atoms with Crippen LogP contribution in [0.25, 0.3) is 10.9 Å². The zero-order valence-corrected chi connectivity index (χ0v) is 10.0. The summed E-state index contributed by atoms with van der Waals surface area (Å²) in [6, 6.07) is 9.58. The van der Waals surface area contributed by atoms with E-state index in [1.54, 1.807) is 6.07 Å². The molecule has 0 amide bonds. The summed E-state index contributed by atoms with van der Waals surface area (Å²) in [5.41, 5.74) is 1.86. The van der Waals surface area contributed by atoms with Crippen molar-refractivity contribution in [2.75, 3.05) is 5.88 Å². The van der Waals surface area contributed by atoms with E-state index in [1.807, 2.05) is 24.3 Å². The minimum absolute atomic E-state index is 0.508. The topological polar surface area (TPSA) is 12.9 Å². The van der Waals surface area contributed by atoms with E-state index in [0.717, 1.165) is 16.5 Å². The van der Waals surface area contributed by atoms with E-state index < -0.39 is 0 Å². The summed E-state index contributed by atoms with van der Waals surface area (Å²) in [6.45, 7) is 0. The molecular formula is C13H9Cl2N. The quantitative estimate of drug-likeness (QED) is 0.425. The Hall–Kier alpha value is -1.23. The number of aromatic nitrogens is 1. The van der Waals surface area contributed by atoms with Gasteiger partial charge in [0, 0.05) is 23.3 Å². The molecule has 2 rings (SSSR count). The van der Waals surface area contributed by atoms with Crippen molar-refractivity contribution in [2.45, 2.75) is 6.42 Å². The maximum Gasteiger partial charge on any atom is 0.129 e. The van der Waals surface area contributed by atoms with Crippen LogP contribution >= 0.6 is 23.2 Å². The molecule has 80 valence electrons. The Balaban J connectivity index is 2.38. The van der Waals surface area contributed by atoms with E-state index >= 15 is 0 Å². The molecule has 1 nitrogen and oxygen atoms in total. The van der Waals surface area contributed by atoms with Crippen LogP contribution in [-0.2, 0) is 0 Å². The van der Waals surface area contributed by atoms with Crippen LogP contribution in [0.3, 0.4) is 0 Å². The smallest absolute Gasteiger partial charge is 0.129 e. The Kier molecular flexibility index (Phi) is 3.66. The third-order valence-electron chi connectivity index (χ3n) is 2.11. The summed E-state index contributed by atoms with van der Waals surface area (Å²) in [6.07, 6.45) is 0.707. The maximum absolute atomic E-state index is 5.81. The zero-order chi connectivity index (χ0) is 11.4. The van der Waals surface area contributed by atoms with E-state index in [-0.39, 0.29) is 0 Å². The number of pyridine rings is 1. The molecule has 0 spiro atoms. The lowest BCUT2D eigenvalue weighted by Gasteiger charge is -1.98. The third-order valence-corrected chi connectivity index (χ3v) is 2.51. The number of nitrogens with zero attached hydrogens (tertiary/aromatic N) is 1. The fourth-order valence-corrected chi connectivity index (χ4v) is 1.64. The molecule has 16 heavy (non-hydrogen) atoms. The summed E-state index contributed by atoms with van der Waals surface area (Å²) < 4.78 is 0. The summed E-state index contributed by atoms with van der Waals surface area (Å²) in [5.74, 6) is 6.62. The highest BCUT2D eigenvalue weighted by molar-refractivity contribution is 6.29. The van der Waals surface area contributed by atoms with Crippen molar-refractivity contribution in [1.82, 2.24) is 4.98 Å². The predicted molar refractivity (Wildman–Crippen MR) is 69.0 cm³/mol. The molecule has 0 aliphatic rings. The minimum Gasteiger partial charge on any atom is -0.236 e. The highest BCUT2D eigenvalue weighted by Gasteiger charge is 1.96. The number of alkyl halides is 1. The van der Waals surface area contributed by atoms with Gasteiger partial charge in [0.25, 0.3) is 0 Å². The second-order valence-electron chi connectivity index (χ2n) is 3.28. The van der Waals surface area contributed by atoms with Crippen LogP contribution in [0.5, 0.6) is 0 Å². The van der Waals surface area contributed by atoms with Crippen molar-refractivity contribution in [1.29, 1.82) is 0 Å². The summed E-state index contributed by atoms with van der Waals surface area (Å²) >= 11 is 11.4. The highest BCUT2D eigenvalue weighted by Crippen LogP contribution is 2.16. The molecule has 0 bridgehead atoms. The Morgan fingerprint density at radius 2 is 2.06 bits per heavy atom. The molecule has 0 aliphatic carbocycles. The van der Waals surface area contributed by atoms with Gasteiger partial charge in [-0.2, -0.15) is 0 Å². The van der Waals surface area contributed by atoms with Gasteiger partial charge in [-0.15, -0.1) is 11.6 Å². The Bertz CT molecular complexity index is 567. The lowest BCUT2D eigenvalue weighted by Crippen LogP contribution is -1.81. The molecular weight excluding hydrogens is 241 g/mol. The van der Waals surface area contributed by atoms with Gasteiger partial charge in [0.15, 0.2) is 0 Å². The molecule has 0 unspecified atom stereocenters. The normalized spacial score (nSPS) is 9.88. The number of benzene rings is 1. The van der Waals surface area contributed by atoms with Crippen molar-refractivity contribution in [3.8, 4) is 11.8 Å². The van der Waals surface area contributed by atoms with Crippen LogP contribution in [0.4, 0.5) is 0 Å². The number of rotatable bonds is 1. The molecule has 1 aromatic carbocycles. The first-order chi connectivity index (χ1) is 7.79. The average Bonchev–Trinajstić information content (AvgIpc) is 2.29. The first kappa shape index (κ1) is 11.3. The van der Waals surface area contributed by atoms with Crippen LogP contribution in [0, 0.1) is 11.8 Å². The Morgan fingerprint density at radius 1 is 1.19 bits per heavy atom. The van der Waals surface area contributed by atoms with Gasteiger partial charge in [-0.1, -0.05) is 23.4 Å². The second-order valence-corrected chi connectivity index (χ2v) is 4.05. The van der Waals surface area contributed by atoms with E-state index in [0.29, 0.717) is 17.5 Å². The van der Waals surface area contributed by atoms with Crippen molar-refractivity contribution in [3.05, 3.63) is 41.0 Å². The minimum atomic E-state index is 0.508. The van der Waals surface area contributed by atoms with E-state index in [2.05, 4.69) is 16.8 Å². The van der Waals surface area contributed by atoms with Gasteiger partial charge in [-0.05, 0) is 30.3 Å². The number of hydrogen-bond donors (Lipinski definition) is 0. The average molecular weight is 250 g/mol. The van der Waals surface area contributed by atoms with Gasteiger partial charge < -0.3 is 0 Å².